The van der Waals surface area contributed by atoms with Crippen molar-refractivity contribution in [3.05, 3.63) is 27.1 Å². The molecule has 1 rings (SSSR count). The number of nitrogens with zero attached hydrogens (tertiary/aromatic N) is 1. The van der Waals surface area contributed by atoms with E-state index in [-0.39, 0.29) is 3.57 Å². The molecule has 0 bridgehead atoms. The van der Waals surface area contributed by atoms with Crippen LogP contribution >= 0.6 is 22.6 Å². The summed E-state index contributed by atoms with van der Waals surface area (Å²) in [6.07, 6.45) is -2.56. The molecule has 0 saturated heterocycles. The summed E-state index contributed by atoms with van der Waals surface area (Å²) >= 11 is 1.68. The second kappa shape index (κ2) is 3.81. The maximum absolute atomic E-state index is 12.3. The normalized spacial score (nSPS) is 11.8. The molecule has 1 heterocycles. The highest BCUT2D eigenvalue weighted by Crippen LogP contribution is 2.33. The number of pyridine rings is 1. The summed E-state index contributed by atoms with van der Waals surface area (Å²) < 4.78 is 37.2. The second-order valence-electron chi connectivity index (χ2n) is 2.47. The third kappa shape index (κ3) is 2.32. The van der Waals surface area contributed by atoms with E-state index in [0.717, 1.165) is 6.07 Å². The zero-order valence-corrected chi connectivity index (χ0v) is 8.98. The Morgan fingerprint density at radius 1 is 1.46 bits per heavy atom. The molecule has 1 aromatic rings. The number of rotatable bonds is 1. The molecule has 0 aromatic carbocycles. The van der Waals surface area contributed by atoms with Gasteiger partial charge in [0.1, 0.15) is 0 Å². The molecule has 0 spiro atoms. The summed E-state index contributed by atoms with van der Waals surface area (Å²) in [5.41, 5.74) is -0.102. The van der Waals surface area contributed by atoms with E-state index in [1.807, 2.05) is 0 Å². The fourth-order valence-corrected chi connectivity index (χ4v) is 1.96. The van der Waals surface area contributed by atoms with Crippen molar-refractivity contribution in [3.63, 3.8) is 0 Å². The zero-order chi connectivity index (χ0) is 10.1. The molecule has 0 unspecified atom stereocenters. The number of hydrogen-bond acceptors (Lipinski definition) is 1. The van der Waals surface area contributed by atoms with Gasteiger partial charge in [0.15, 0.2) is 0 Å². The molecule has 0 fully saturated rings. The van der Waals surface area contributed by atoms with Gasteiger partial charge in [0, 0.05) is 9.77 Å². The lowest BCUT2D eigenvalue weighted by molar-refractivity contribution is -0.138. The molecule has 0 saturated carbocycles. The van der Waals surface area contributed by atoms with Crippen LogP contribution in [0, 0.1) is 3.57 Å². The quantitative estimate of drug-likeness (QED) is 0.726. The van der Waals surface area contributed by atoms with Gasteiger partial charge in [-0.3, -0.25) is 4.98 Å². The van der Waals surface area contributed by atoms with Gasteiger partial charge in [-0.25, -0.2) is 0 Å². The van der Waals surface area contributed by atoms with Crippen molar-refractivity contribution in [3.8, 4) is 0 Å². The third-order valence-electron chi connectivity index (χ3n) is 1.60. The van der Waals surface area contributed by atoms with E-state index in [9.17, 15) is 13.2 Å². The Morgan fingerprint density at radius 2 is 2.08 bits per heavy atom. The Labute approximate surface area is 87.5 Å². The highest BCUT2D eigenvalue weighted by molar-refractivity contribution is 14.1. The Kier molecular flexibility index (Phi) is 3.15. The average Bonchev–Trinajstić information content (AvgIpc) is 2.02. The molecule has 0 amide bonds. The Hall–Kier alpha value is -0.330. The topological polar surface area (TPSA) is 12.9 Å². The van der Waals surface area contributed by atoms with Crippen LogP contribution < -0.4 is 0 Å². The Balaban J connectivity index is 3.24. The van der Waals surface area contributed by atoms with Gasteiger partial charge in [-0.15, -0.1) is 0 Å². The summed E-state index contributed by atoms with van der Waals surface area (Å²) in [6, 6.07) is 1.00. The molecule has 0 aliphatic rings. The molecule has 0 aliphatic carbocycles. The number of hydrogen-bond donors (Lipinski definition) is 0. The molecule has 0 atom stereocenters. The van der Waals surface area contributed by atoms with Crippen LogP contribution in [0.25, 0.3) is 0 Å². The van der Waals surface area contributed by atoms with Crippen molar-refractivity contribution in [1.29, 1.82) is 0 Å². The first-order chi connectivity index (χ1) is 5.96. The van der Waals surface area contributed by atoms with Gasteiger partial charge in [0.25, 0.3) is 0 Å². The first-order valence-corrected chi connectivity index (χ1v) is 4.75. The first-order valence-electron chi connectivity index (χ1n) is 3.67. The van der Waals surface area contributed by atoms with Crippen LogP contribution in [-0.2, 0) is 12.6 Å². The van der Waals surface area contributed by atoms with Crippen molar-refractivity contribution in [1.82, 2.24) is 4.98 Å². The second-order valence-corrected chi connectivity index (χ2v) is 3.55. The minimum absolute atomic E-state index is 0.204. The predicted molar refractivity (Wildman–Crippen MR) is 51.3 cm³/mol. The summed E-state index contributed by atoms with van der Waals surface area (Å²) in [6.45, 7) is 1.78. The van der Waals surface area contributed by atoms with E-state index in [1.165, 1.54) is 6.20 Å². The minimum Gasteiger partial charge on any atom is -0.260 e. The van der Waals surface area contributed by atoms with Crippen LogP contribution in [0.5, 0.6) is 0 Å². The summed E-state index contributed by atoms with van der Waals surface area (Å²) in [5.74, 6) is 0. The smallest absolute Gasteiger partial charge is 0.260 e. The molecule has 13 heavy (non-hydrogen) atoms. The lowest BCUT2D eigenvalue weighted by Gasteiger charge is -2.10. The van der Waals surface area contributed by atoms with Gasteiger partial charge in [-0.1, -0.05) is 6.92 Å². The minimum atomic E-state index is -4.27. The number of halogens is 4. The lowest BCUT2D eigenvalue weighted by atomic mass is 10.2. The van der Waals surface area contributed by atoms with Crippen LogP contribution in [0.4, 0.5) is 13.2 Å². The maximum Gasteiger partial charge on any atom is 0.417 e. The van der Waals surface area contributed by atoms with Crippen LogP contribution in [-0.4, -0.2) is 4.98 Å². The van der Waals surface area contributed by atoms with Crippen LogP contribution in [0.1, 0.15) is 18.2 Å². The van der Waals surface area contributed by atoms with Crippen molar-refractivity contribution in [2.24, 2.45) is 0 Å². The predicted octanol–water partition coefficient (Wildman–Crippen LogP) is 3.27. The van der Waals surface area contributed by atoms with E-state index in [1.54, 1.807) is 29.5 Å². The van der Waals surface area contributed by atoms with E-state index in [4.69, 9.17) is 0 Å². The number of aryl methyl sites for hydroxylation is 1. The lowest BCUT2D eigenvalue weighted by Crippen LogP contribution is -2.09. The van der Waals surface area contributed by atoms with Gasteiger partial charge in [0.2, 0.25) is 0 Å². The molecule has 0 N–H and O–H groups in total. The molecule has 1 aromatic heterocycles. The molecular weight excluding hydrogens is 294 g/mol. The van der Waals surface area contributed by atoms with Gasteiger partial charge in [0.05, 0.1) is 11.3 Å². The summed E-state index contributed by atoms with van der Waals surface area (Å²) in [5, 5.41) is 0. The Morgan fingerprint density at radius 3 is 2.54 bits per heavy atom. The van der Waals surface area contributed by atoms with Crippen molar-refractivity contribution >= 4 is 22.6 Å². The van der Waals surface area contributed by atoms with Crippen LogP contribution in [0.2, 0.25) is 0 Å². The molecule has 0 radical (unpaired) electrons. The maximum atomic E-state index is 12.3. The van der Waals surface area contributed by atoms with E-state index >= 15 is 0 Å². The molecule has 72 valence electrons. The molecule has 5 heteroatoms. The zero-order valence-electron chi connectivity index (χ0n) is 6.82. The van der Waals surface area contributed by atoms with Crippen molar-refractivity contribution in [2.75, 3.05) is 0 Å². The average molecular weight is 301 g/mol. The number of alkyl halides is 3. The van der Waals surface area contributed by atoms with Crippen molar-refractivity contribution < 1.29 is 13.2 Å². The Bertz CT molecular complexity index is 309. The van der Waals surface area contributed by atoms with Gasteiger partial charge >= 0.3 is 6.18 Å². The van der Waals surface area contributed by atoms with E-state index in [2.05, 4.69) is 4.98 Å². The highest BCUT2D eigenvalue weighted by Gasteiger charge is 2.33. The van der Waals surface area contributed by atoms with Crippen LogP contribution in [0.3, 0.4) is 0 Å². The largest absolute Gasteiger partial charge is 0.417 e. The summed E-state index contributed by atoms with van der Waals surface area (Å²) in [7, 11) is 0. The molecule has 1 nitrogen and oxygen atoms in total. The standard InChI is InChI=1S/C8H7F3IN/c1-2-6-7(12)5(3-4-13-6)8(9,10)11/h3-4H,2H2,1H3. The van der Waals surface area contributed by atoms with Gasteiger partial charge < -0.3 is 0 Å². The highest BCUT2D eigenvalue weighted by atomic mass is 127. The van der Waals surface area contributed by atoms with E-state index in [0.29, 0.717) is 12.1 Å². The fourth-order valence-electron chi connectivity index (χ4n) is 0.952. The monoisotopic (exact) mass is 301 g/mol. The first kappa shape index (κ1) is 10.7. The third-order valence-corrected chi connectivity index (χ3v) is 2.81. The molecule has 0 aliphatic heterocycles. The SMILES string of the molecule is CCc1nccc(C(F)(F)F)c1I. The van der Waals surface area contributed by atoms with Crippen molar-refractivity contribution in [2.45, 2.75) is 19.5 Å². The fraction of sp³-hybridized carbons (Fsp3) is 0.375. The van der Waals surface area contributed by atoms with Gasteiger partial charge in [-0.2, -0.15) is 13.2 Å². The summed E-state index contributed by atoms with van der Waals surface area (Å²) in [4.78, 5) is 3.86. The van der Waals surface area contributed by atoms with Gasteiger partial charge in [-0.05, 0) is 35.1 Å². The van der Waals surface area contributed by atoms with Crippen LogP contribution in [0.15, 0.2) is 12.3 Å². The number of aromatic nitrogens is 1. The van der Waals surface area contributed by atoms with E-state index < -0.39 is 11.7 Å². The molecular formula is C8H7F3IN.